The van der Waals surface area contributed by atoms with Gasteiger partial charge >= 0.3 is 0 Å². The Morgan fingerprint density at radius 1 is 1.11 bits per heavy atom. The van der Waals surface area contributed by atoms with Crippen LogP contribution in [0.25, 0.3) is 11.3 Å². The second-order valence-corrected chi connectivity index (χ2v) is 7.99. The van der Waals surface area contributed by atoms with Crippen LogP contribution in [0, 0.1) is 19.8 Å². The van der Waals surface area contributed by atoms with Crippen molar-refractivity contribution in [3.8, 4) is 11.3 Å². The minimum Gasteiger partial charge on any atom is -0.355 e. The smallest absolute Gasteiger partial charge is 0.229 e. The minimum absolute atomic E-state index is 0.0136. The van der Waals surface area contributed by atoms with E-state index in [2.05, 4.69) is 44.5 Å². The molecule has 0 radical (unpaired) electrons. The van der Waals surface area contributed by atoms with Crippen LogP contribution in [0.1, 0.15) is 24.1 Å². The SMILES string of the molecule is Cc1csc(NC(=O)C2CCN(c3ccc(-c4ccccc4C)nn3)CC2)n1. The second-order valence-electron chi connectivity index (χ2n) is 7.14. The number of rotatable bonds is 4. The summed E-state index contributed by atoms with van der Waals surface area (Å²) in [4.78, 5) is 19.0. The van der Waals surface area contributed by atoms with Gasteiger partial charge in [0, 0.05) is 30.0 Å². The maximum Gasteiger partial charge on any atom is 0.229 e. The van der Waals surface area contributed by atoms with Gasteiger partial charge in [-0.25, -0.2) is 4.98 Å². The lowest BCUT2D eigenvalue weighted by molar-refractivity contribution is -0.120. The third kappa shape index (κ3) is 4.04. The van der Waals surface area contributed by atoms with E-state index in [0.29, 0.717) is 5.13 Å². The molecule has 4 rings (SSSR count). The predicted molar refractivity (Wildman–Crippen MR) is 113 cm³/mol. The van der Waals surface area contributed by atoms with Crippen molar-refractivity contribution < 1.29 is 4.79 Å². The van der Waals surface area contributed by atoms with Gasteiger partial charge in [0.05, 0.1) is 11.4 Å². The number of thiazole rings is 1. The van der Waals surface area contributed by atoms with E-state index in [1.807, 2.05) is 36.6 Å². The molecule has 1 aliphatic heterocycles. The largest absolute Gasteiger partial charge is 0.355 e. The zero-order chi connectivity index (χ0) is 19.5. The van der Waals surface area contributed by atoms with Gasteiger partial charge in [-0.2, -0.15) is 0 Å². The van der Waals surface area contributed by atoms with Crippen molar-refractivity contribution in [2.45, 2.75) is 26.7 Å². The summed E-state index contributed by atoms with van der Waals surface area (Å²) < 4.78 is 0. The Morgan fingerprint density at radius 2 is 1.89 bits per heavy atom. The topological polar surface area (TPSA) is 71.0 Å². The van der Waals surface area contributed by atoms with Crippen LogP contribution in [0.5, 0.6) is 0 Å². The first-order chi connectivity index (χ1) is 13.6. The molecule has 2 aromatic heterocycles. The molecule has 1 saturated heterocycles. The number of amides is 1. The van der Waals surface area contributed by atoms with Crippen LogP contribution in [0.2, 0.25) is 0 Å². The van der Waals surface area contributed by atoms with E-state index < -0.39 is 0 Å². The third-order valence-electron chi connectivity index (χ3n) is 5.11. The van der Waals surface area contributed by atoms with Crippen LogP contribution in [0.4, 0.5) is 10.9 Å². The summed E-state index contributed by atoms with van der Waals surface area (Å²) >= 11 is 1.47. The van der Waals surface area contributed by atoms with Gasteiger partial charge in [0.25, 0.3) is 0 Å². The zero-order valence-corrected chi connectivity index (χ0v) is 16.9. The van der Waals surface area contributed by atoms with Gasteiger partial charge in [-0.1, -0.05) is 24.3 Å². The first-order valence-corrected chi connectivity index (χ1v) is 10.4. The van der Waals surface area contributed by atoms with Crippen LogP contribution in [0.15, 0.2) is 41.8 Å². The average molecular weight is 394 g/mol. The molecule has 1 N–H and O–H groups in total. The number of hydrogen-bond acceptors (Lipinski definition) is 6. The quantitative estimate of drug-likeness (QED) is 0.723. The van der Waals surface area contributed by atoms with Crippen molar-refractivity contribution in [1.29, 1.82) is 0 Å². The molecule has 0 spiro atoms. The molecule has 144 valence electrons. The van der Waals surface area contributed by atoms with Crippen molar-refractivity contribution >= 4 is 28.2 Å². The number of aromatic nitrogens is 3. The molecule has 0 bridgehead atoms. The highest BCUT2D eigenvalue weighted by molar-refractivity contribution is 7.13. The maximum atomic E-state index is 12.5. The Hall–Kier alpha value is -2.80. The molecule has 6 nitrogen and oxygen atoms in total. The van der Waals surface area contributed by atoms with E-state index >= 15 is 0 Å². The Bertz CT molecular complexity index is 961. The molecule has 0 unspecified atom stereocenters. The normalized spacial score (nSPS) is 14.9. The number of carbonyl (C=O) groups excluding carboxylic acids is 1. The van der Waals surface area contributed by atoms with Crippen molar-refractivity contribution in [3.05, 3.63) is 53.0 Å². The maximum absolute atomic E-state index is 12.5. The third-order valence-corrected chi connectivity index (χ3v) is 5.99. The summed E-state index contributed by atoms with van der Waals surface area (Å²) in [6.07, 6.45) is 1.61. The Morgan fingerprint density at radius 3 is 2.54 bits per heavy atom. The van der Waals surface area contributed by atoms with Crippen molar-refractivity contribution in [3.63, 3.8) is 0 Å². The molecule has 7 heteroatoms. The molecule has 1 aromatic carbocycles. The Kier molecular flexibility index (Phi) is 5.34. The second kappa shape index (κ2) is 8.06. The number of benzene rings is 1. The first kappa shape index (κ1) is 18.6. The van der Waals surface area contributed by atoms with E-state index in [0.717, 1.165) is 48.7 Å². The molecule has 1 aliphatic rings. The molecule has 3 aromatic rings. The van der Waals surface area contributed by atoms with Crippen LogP contribution in [-0.4, -0.2) is 34.2 Å². The standard InChI is InChI=1S/C21H23N5OS/c1-14-5-3-4-6-17(14)18-7-8-19(25-24-18)26-11-9-16(10-12-26)20(27)23-21-22-15(2)13-28-21/h3-8,13,16H,9-12H2,1-2H3,(H,22,23,27). The molecule has 1 amide bonds. The highest BCUT2D eigenvalue weighted by Gasteiger charge is 2.26. The van der Waals surface area contributed by atoms with Gasteiger partial charge in [0.1, 0.15) is 0 Å². The number of hydrogen-bond donors (Lipinski definition) is 1. The molecular weight excluding hydrogens is 370 g/mol. The highest BCUT2D eigenvalue weighted by atomic mass is 32.1. The number of nitrogens with one attached hydrogen (secondary N) is 1. The highest BCUT2D eigenvalue weighted by Crippen LogP contribution is 2.26. The molecule has 3 heterocycles. The van der Waals surface area contributed by atoms with Crippen LogP contribution in [-0.2, 0) is 4.79 Å². The van der Waals surface area contributed by atoms with E-state index in [1.165, 1.54) is 16.9 Å². The number of piperidine rings is 1. The fourth-order valence-corrected chi connectivity index (χ4v) is 4.18. The molecule has 0 saturated carbocycles. The fourth-order valence-electron chi connectivity index (χ4n) is 3.49. The van der Waals surface area contributed by atoms with Crippen LogP contribution in [0.3, 0.4) is 0 Å². The molecule has 0 atom stereocenters. The Labute approximate surface area is 168 Å². The average Bonchev–Trinajstić information content (AvgIpc) is 3.13. The predicted octanol–water partition coefficient (Wildman–Crippen LogP) is 4.07. The van der Waals surface area contributed by atoms with Crippen molar-refractivity contribution in [1.82, 2.24) is 15.2 Å². The lowest BCUT2D eigenvalue weighted by atomic mass is 9.96. The molecule has 28 heavy (non-hydrogen) atoms. The van der Waals surface area contributed by atoms with Gasteiger partial charge in [-0.15, -0.1) is 21.5 Å². The number of nitrogens with zero attached hydrogens (tertiary/aromatic N) is 4. The fraction of sp³-hybridized carbons (Fsp3) is 0.333. The molecular formula is C21H23N5OS. The van der Waals surface area contributed by atoms with E-state index in [9.17, 15) is 4.79 Å². The molecule has 1 fully saturated rings. The van der Waals surface area contributed by atoms with Gasteiger partial charge in [0.15, 0.2) is 10.9 Å². The Balaban J connectivity index is 1.36. The van der Waals surface area contributed by atoms with E-state index in [-0.39, 0.29) is 11.8 Å². The lowest BCUT2D eigenvalue weighted by Crippen LogP contribution is -2.38. The van der Waals surface area contributed by atoms with Gasteiger partial charge in [-0.05, 0) is 44.4 Å². The van der Waals surface area contributed by atoms with Gasteiger partial charge in [0.2, 0.25) is 5.91 Å². The molecule has 0 aliphatic carbocycles. The van der Waals surface area contributed by atoms with E-state index in [4.69, 9.17) is 0 Å². The van der Waals surface area contributed by atoms with Crippen molar-refractivity contribution in [2.75, 3.05) is 23.3 Å². The van der Waals surface area contributed by atoms with Crippen LogP contribution >= 0.6 is 11.3 Å². The van der Waals surface area contributed by atoms with E-state index in [1.54, 1.807) is 0 Å². The minimum atomic E-state index is 0.0136. The summed E-state index contributed by atoms with van der Waals surface area (Å²) in [6.45, 7) is 5.60. The van der Waals surface area contributed by atoms with Crippen LogP contribution < -0.4 is 10.2 Å². The van der Waals surface area contributed by atoms with Gasteiger partial charge in [-0.3, -0.25) is 4.79 Å². The summed E-state index contributed by atoms with van der Waals surface area (Å²) in [7, 11) is 0. The zero-order valence-electron chi connectivity index (χ0n) is 16.1. The summed E-state index contributed by atoms with van der Waals surface area (Å²) in [5, 5.41) is 14.4. The summed E-state index contributed by atoms with van der Waals surface area (Å²) in [5.74, 6) is 0.946. The number of anilines is 2. The first-order valence-electron chi connectivity index (χ1n) is 9.48. The van der Waals surface area contributed by atoms with Gasteiger partial charge < -0.3 is 10.2 Å². The van der Waals surface area contributed by atoms with Crippen molar-refractivity contribution in [2.24, 2.45) is 5.92 Å². The number of carbonyl (C=O) groups is 1. The monoisotopic (exact) mass is 393 g/mol. The lowest BCUT2D eigenvalue weighted by Gasteiger charge is -2.31. The number of aryl methyl sites for hydroxylation is 2. The summed E-state index contributed by atoms with van der Waals surface area (Å²) in [5.41, 5.74) is 4.11. The summed E-state index contributed by atoms with van der Waals surface area (Å²) in [6, 6.07) is 12.2.